The standard InChI is InChI=1S/C16H20N4O4S/c1-12-16(21)19(13-4-6-14(24-3)7-5-13)8-9-20(12)25(22,23)15-10-18(2)11-17-15/h4-7,10-12H,8-9H2,1-3H3. The van der Waals surface area contributed by atoms with Crippen LogP contribution in [0.3, 0.4) is 0 Å². The van der Waals surface area contributed by atoms with Gasteiger partial charge in [0.05, 0.1) is 13.4 Å². The molecule has 1 aromatic carbocycles. The molecule has 1 fully saturated rings. The molecular formula is C16H20N4O4S. The lowest BCUT2D eigenvalue weighted by atomic mass is 10.2. The normalized spacial score (nSPS) is 19.2. The first-order valence-electron chi connectivity index (χ1n) is 7.80. The van der Waals surface area contributed by atoms with Crippen molar-refractivity contribution in [2.24, 2.45) is 7.05 Å². The molecule has 0 saturated carbocycles. The van der Waals surface area contributed by atoms with Crippen LogP contribution in [0.4, 0.5) is 5.69 Å². The quantitative estimate of drug-likeness (QED) is 0.803. The van der Waals surface area contributed by atoms with E-state index in [2.05, 4.69) is 4.98 Å². The van der Waals surface area contributed by atoms with Crippen LogP contribution < -0.4 is 9.64 Å². The first-order chi connectivity index (χ1) is 11.8. The van der Waals surface area contributed by atoms with Crippen LogP contribution in [0.25, 0.3) is 0 Å². The fraction of sp³-hybridized carbons (Fsp3) is 0.375. The van der Waals surface area contributed by atoms with E-state index in [0.717, 1.165) is 0 Å². The number of piperazine rings is 1. The molecule has 1 saturated heterocycles. The molecule has 3 rings (SSSR count). The number of rotatable bonds is 4. The van der Waals surface area contributed by atoms with Gasteiger partial charge in [-0.05, 0) is 31.2 Å². The van der Waals surface area contributed by atoms with E-state index in [1.54, 1.807) is 54.8 Å². The second-order valence-corrected chi connectivity index (χ2v) is 7.69. The van der Waals surface area contributed by atoms with Crippen LogP contribution in [0.1, 0.15) is 6.92 Å². The summed E-state index contributed by atoms with van der Waals surface area (Å²) in [5.74, 6) is 0.427. The number of sulfonamides is 1. The van der Waals surface area contributed by atoms with E-state index in [4.69, 9.17) is 4.74 Å². The van der Waals surface area contributed by atoms with Gasteiger partial charge in [0.1, 0.15) is 11.8 Å². The number of hydrogen-bond donors (Lipinski definition) is 0. The van der Waals surface area contributed by atoms with Gasteiger partial charge >= 0.3 is 0 Å². The average molecular weight is 364 g/mol. The summed E-state index contributed by atoms with van der Waals surface area (Å²) >= 11 is 0. The van der Waals surface area contributed by atoms with Crippen LogP contribution in [0.5, 0.6) is 5.75 Å². The summed E-state index contributed by atoms with van der Waals surface area (Å²) in [7, 11) is -0.536. The lowest BCUT2D eigenvalue weighted by Crippen LogP contribution is -2.57. The Balaban J connectivity index is 1.83. The molecule has 1 atom stereocenters. The molecule has 0 N–H and O–H groups in total. The Hall–Kier alpha value is -2.39. The van der Waals surface area contributed by atoms with Gasteiger partial charge in [-0.2, -0.15) is 4.31 Å². The first kappa shape index (κ1) is 17.4. The van der Waals surface area contributed by atoms with Crippen molar-refractivity contribution in [2.45, 2.75) is 18.0 Å². The van der Waals surface area contributed by atoms with Crippen molar-refractivity contribution in [3.8, 4) is 5.75 Å². The zero-order valence-electron chi connectivity index (χ0n) is 14.3. The zero-order chi connectivity index (χ0) is 18.2. The van der Waals surface area contributed by atoms with Gasteiger partial charge in [0.25, 0.3) is 10.0 Å². The van der Waals surface area contributed by atoms with Crippen molar-refractivity contribution in [3.05, 3.63) is 36.8 Å². The minimum atomic E-state index is -3.81. The molecule has 2 aromatic rings. The van der Waals surface area contributed by atoms with Gasteiger partial charge in [-0.3, -0.25) is 4.79 Å². The largest absolute Gasteiger partial charge is 0.497 e. The Labute approximate surface area is 146 Å². The lowest BCUT2D eigenvalue weighted by Gasteiger charge is -2.37. The Kier molecular flexibility index (Phi) is 4.53. The van der Waals surface area contributed by atoms with Crippen molar-refractivity contribution in [3.63, 3.8) is 0 Å². The molecule has 8 nitrogen and oxygen atoms in total. The Bertz CT molecular complexity index is 876. The number of nitrogens with zero attached hydrogens (tertiary/aromatic N) is 4. The van der Waals surface area contributed by atoms with Gasteiger partial charge in [0.15, 0.2) is 5.03 Å². The molecule has 1 aliphatic heterocycles. The van der Waals surface area contributed by atoms with E-state index in [0.29, 0.717) is 11.4 Å². The maximum absolute atomic E-state index is 12.7. The van der Waals surface area contributed by atoms with E-state index in [1.807, 2.05) is 0 Å². The summed E-state index contributed by atoms with van der Waals surface area (Å²) in [6.45, 7) is 2.08. The minimum absolute atomic E-state index is 0.0486. The van der Waals surface area contributed by atoms with E-state index in [1.165, 1.54) is 16.8 Å². The zero-order valence-corrected chi connectivity index (χ0v) is 15.1. The molecule has 134 valence electrons. The molecule has 9 heteroatoms. The Morgan fingerprint density at radius 2 is 1.88 bits per heavy atom. The van der Waals surface area contributed by atoms with Gasteiger partial charge in [-0.25, -0.2) is 13.4 Å². The number of carbonyl (C=O) groups is 1. The molecule has 0 bridgehead atoms. The highest BCUT2D eigenvalue weighted by atomic mass is 32.2. The van der Waals surface area contributed by atoms with E-state index >= 15 is 0 Å². The smallest absolute Gasteiger partial charge is 0.262 e. The fourth-order valence-electron chi connectivity index (χ4n) is 2.84. The molecule has 0 spiro atoms. The molecule has 0 radical (unpaired) electrons. The number of carbonyl (C=O) groups excluding carboxylic acids is 1. The molecule has 1 unspecified atom stereocenters. The van der Waals surface area contributed by atoms with Crippen molar-refractivity contribution < 1.29 is 17.9 Å². The van der Waals surface area contributed by atoms with Crippen LogP contribution in [0, 0.1) is 0 Å². The molecule has 1 amide bonds. The molecule has 25 heavy (non-hydrogen) atoms. The highest BCUT2D eigenvalue weighted by Crippen LogP contribution is 2.26. The predicted molar refractivity (Wildman–Crippen MR) is 91.9 cm³/mol. The maximum atomic E-state index is 12.7. The summed E-state index contributed by atoms with van der Waals surface area (Å²) in [6.07, 6.45) is 2.86. The van der Waals surface area contributed by atoms with Crippen LogP contribution >= 0.6 is 0 Å². The van der Waals surface area contributed by atoms with E-state index < -0.39 is 16.1 Å². The number of benzene rings is 1. The van der Waals surface area contributed by atoms with Crippen LogP contribution in [0.15, 0.2) is 41.8 Å². The third-order valence-electron chi connectivity index (χ3n) is 4.24. The van der Waals surface area contributed by atoms with Crippen molar-refractivity contribution in [2.75, 3.05) is 25.1 Å². The molecule has 1 aliphatic rings. The number of ether oxygens (including phenoxy) is 1. The minimum Gasteiger partial charge on any atom is -0.497 e. The number of aryl methyl sites for hydroxylation is 1. The monoisotopic (exact) mass is 364 g/mol. The third-order valence-corrected chi connectivity index (χ3v) is 6.09. The summed E-state index contributed by atoms with van der Waals surface area (Å²) in [6, 6.07) is 6.30. The topological polar surface area (TPSA) is 84.7 Å². The van der Waals surface area contributed by atoms with Gasteiger partial charge in [0.2, 0.25) is 5.91 Å². The van der Waals surface area contributed by atoms with Gasteiger partial charge in [-0.15, -0.1) is 0 Å². The lowest BCUT2D eigenvalue weighted by molar-refractivity contribution is -0.123. The fourth-order valence-corrected chi connectivity index (χ4v) is 4.39. The van der Waals surface area contributed by atoms with Crippen molar-refractivity contribution in [1.82, 2.24) is 13.9 Å². The summed E-state index contributed by atoms with van der Waals surface area (Å²) in [5, 5.41) is -0.0486. The van der Waals surface area contributed by atoms with Gasteiger partial charge in [0, 0.05) is 32.0 Å². The summed E-state index contributed by atoms with van der Waals surface area (Å²) < 4.78 is 33.4. The van der Waals surface area contributed by atoms with E-state index in [-0.39, 0.29) is 24.0 Å². The SMILES string of the molecule is COc1ccc(N2CCN(S(=O)(=O)c3cn(C)cn3)C(C)C2=O)cc1. The summed E-state index contributed by atoms with van der Waals surface area (Å²) in [4.78, 5) is 18.2. The highest BCUT2D eigenvalue weighted by Gasteiger charge is 2.40. The highest BCUT2D eigenvalue weighted by molar-refractivity contribution is 7.89. The number of hydrogen-bond acceptors (Lipinski definition) is 5. The van der Waals surface area contributed by atoms with Gasteiger partial charge < -0.3 is 14.2 Å². The number of aromatic nitrogens is 2. The molecule has 1 aromatic heterocycles. The third kappa shape index (κ3) is 3.12. The van der Waals surface area contributed by atoms with Crippen LogP contribution in [0.2, 0.25) is 0 Å². The van der Waals surface area contributed by atoms with E-state index in [9.17, 15) is 13.2 Å². The Morgan fingerprint density at radius 3 is 2.44 bits per heavy atom. The van der Waals surface area contributed by atoms with Crippen molar-refractivity contribution in [1.29, 1.82) is 0 Å². The number of imidazole rings is 1. The predicted octanol–water partition coefficient (Wildman–Crippen LogP) is 0.855. The molecular weight excluding hydrogens is 344 g/mol. The van der Waals surface area contributed by atoms with Crippen LogP contribution in [-0.4, -0.2) is 54.4 Å². The van der Waals surface area contributed by atoms with Crippen molar-refractivity contribution >= 4 is 21.6 Å². The second-order valence-electron chi connectivity index (χ2n) is 5.86. The van der Waals surface area contributed by atoms with Gasteiger partial charge in [-0.1, -0.05) is 0 Å². The number of amides is 1. The molecule has 2 heterocycles. The second kappa shape index (κ2) is 6.49. The first-order valence-corrected chi connectivity index (χ1v) is 9.24. The molecule has 0 aliphatic carbocycles. The van der Waals surface area contributed by atoms with Crippen LogP contribution in [-0.2, 0) is 21.9 Å². The number of methoxy groups -OCH3 is 1. The number of anilines is 1. The Morgan fingerprint density at radius 1 is 1.20 bits per heavy atom. The maximum Gasteiger partial charge on any atom is 0.262 e. The average Bonchev–Trinajstić information content (AvgIpc) is 3.04. The summed E-state index contributed by atoms with van der Waals surface area (Å²) in [5.41, 5.74) is 0.715.